The molecule has 3 heteroatoms. The van der Waals surface area contributed by atoms with Gasteiger partial charge < -0.3 is 9.64 Å². The normalized spacial score (nSPS) is 17.0. The number of ketones is 1. The number of allylic oxidation sites excluding steroid dienone is 1. The molecule has 1 saturated heterocycles. The highest BCUT2D eigenvalue weighted by atomic mass is 16.5. The second-order valence-electron chi connectivity index (χ2n) is 4.10. The van der Waals surface area contributed by atoms with Crippen molar-refractivity contribution in [2.45, 2.75) is 6.92 Å². The molecule has 0 aliphatic carbocycles. The van der Waals surface area contributed by atoms with E-state index in [9.17, 15) is 4.79 Å². The van der Waals surface area contributed by atoms with Gasteiger partial charge in [-0.05, 0) is 11.6 Å². The Morgan fingerprint density at radius 3 is 2.47 bits per heavy atom. The molecule has 0 N–H and O–H groups in total. The number of Topliss-reactive ketones (excluding diaryl/α,β-unsaturated/α-hetero) is 1. The van der Waals surface area contributed by atoms with Crippen molar-refractivity contribution >= 4 is 11.9 Å². The minimum absolute atomic E-state index is 0.107. The summed E-state index contributed by atoms with van der Waals surface area (Å²) in [6.45, 7) is 4.58. The van der Waals surface area contributed by atoms with Crippen LogP contribution in [-0.4, -0.2) is 37.0 Å². The van der Waals surface area contributed by atoms with Gasteiger partial charge in [-0.1, -0.05) is 30.3 Å². The van der Waals surface area contributed by atoms with Gasteiger partial charge in [0.05, 0.1) is 18.9 Å². The molecule has 1 aromatic carbocycles. The summed E-state index contributed by atoms with van der Waals surface area (Å²) in [6, 6.07) is 9.93. The lowest BCUT2D eigenvalue weighted by molar-refractivity contribution is -0.115. The molecule has 0 spiro atoms. The van der Waals surface area contributed by atoms with E-state index >= 15 is 0 Å². The minimum atomic E-state index is 0.107. The number of benzene rings is 1. The third-order valence-electron chi connectivity index (χ3n) is 2.82. The molecule has 2 rings (SSSR count). The molecule has 1 aliphatic heterocycles. The van der Waals surface area contributed by atoms with Crippen LogP contribution in [0.2, 0.25) is 0 Å². The maximum atomic E-state index is 11.7. The number of hydrogen-bond donors (Lipinski definition) is 0. The first-order valence-electron chi connectivity index (χ1n) is 5.88. The van der Waals surface area contributed by atoms with E-state index in [0.717, 1.165) is 24.4 Å². The highest BCUT2D eigenvalue weighted by Crippen LogP contribution is 2.13. The van der Waals surface area contributed by atoms with Crippen LogP contribution in [0.1, 0.15) is 12.5 Å². The van der Waals surface area contributed by atoms with E-state index in [-0.39, 0.29) is 5.78 Å². The van der Waals surface area contributed by atoms with Crippen LogP contribution in [0.25, 0.3) is 6.08 Å². The molecule has 0 unspecified atom stereocenters. The second-order valence-corrected chi connectivity index (χ2v) is 4.10. The lowest BCUT2D eigenvalue weighted by atomic mass is 10.1. The van der Waals surface area contributed by atoms with Gasteiger partial charge in [0.2, 0.25) is 0 Å². The Labute approximate surface area is 102 Å². The van der Waals surface area contributed by atoms with Gasteiger partial charge in [-0.2, -0.15) is 0 Å². The predicted octanol–water partition coefficient (Wildman–Crippen LogP) is 1.95. The van der Waals surface area contributed by atoms with E-state index in [2.05, 4.69) is 4.90 Å². The van der Waals surface area contributed by atoms with Gasteiger partial charge in [-0.25, -0.2) is 0 Å². The Hall–Kier alpha value is -1.61. The maximum Gasteiger partial charge on any atom is 0.175 e. The topological polar surface area (TPSA) is 29.5 Å². The molecule has 0 bridgehead atoms. The monoisotopic (exact) mass is 231 g/mol. The zero-order valence-electron chi connectivity index (χ0n) is 10.1. The summed E-state index contributed by atoms with van der Waals surface area (Å²) in [4.78, 5) is 13.8. The number of nitrogens with zero attached hydrogens (tertiary/aromatic N) is 1. The van der Waals surface area contributed by atoms with Gasteiger partial charge >= 0.3 is 0 Å². The van der Waals surface area contributed by atoms with Crippen molar-refractivity contribution in [1.82, 2.24) is 4.90 Å². The summed E-state index contributed by atoms with van der Waals surface area (Å²) in [7, 11) is 0. The quantitative estimate of drug-likeness (QED) is 0.745. The van der Waals surface area contributed by atoms with Crippen molar-refractivity contribution in [1.29, 1.82) is 0 Å². The zero-order valence-corrected chi connectivity index (χ0v) is 10.1. The van der Waals surface area contributed by atoms with E-state index in [4.69, 9.17) is 4.74 Å². The number of morpholine rings is 1. The van der Waals surface area contributed by atoms with Crippen molar-refractivity contribution in [2.24, 2.45) is 0 Å². The molecule has 3 nitrogen and oxygen atoms in total. The summed E-state index contributed by atoms with van der Waals surface area (Å²) in [5.41, 5.74) is 1.84. The Morgan fingerprint density at radius 2 is 1.88 bits per heavy atom. The average molecular weight is 231 g/mol. The molecule has 17 heavy (non-hydrogen) atoms. The largest absolute Gasteiger partial charge is 0.378 e. The van der Waals surface area contributed by atoms with Crippen LogP contribution >= 0.6 is 0 Å². The zero-order chi connectivity index (χ0) is 12.1. The lowest BCUT2D eigenvalue weighted by Gasteiger charge is -2.29. The van der Waals surface area contributed by atoms with E-state index < -0.39 is 0 Å². The standard InChI is InChI=1S/C14H17NO2/c1-12(16)14(15-7-9-17-10-8-15)11-13-5-3-2-4-6-13/h2-6,11H,7-10H2,1H3. The Bertz CT molecular complexity index is 405. The maximum absolute atomic E-state index is 11.7. The minimum Gasteiger partial charge on any atom is -0.378 e. The van der Waals surface area contributed by atoms with Crippen LogP contribution in [0.5, 0.6) is 0 Å². The Morgan fingerprint density at radius 1 is 1.24 bits per heavy atom. The number of carbonyl (C=O) groups excluding carboxylic acids is 1. The van der Waals surface area contributed by atoms with Gasteiger partial charge in [-0.15, -0.1) is 0 Å². The Kier molecular flexibility index (Phi) is 3.94. The average Bonchev–Trinajstić information content (AvgIpc) is 2.38. The SMILES string of the molecule is CC(=O)C(=Cc1ccccc1)N1CCOCC1. The molecule has 0 atom stereocenters. The van der Waals surface area contributed by atoms with E-state index in [1.54, 1.807) is 6.92 Å². The lowest BCUT2D eigenvalue weighted by Crippen LogP contribution is -2.37. The van der Waals surface area contributed by atoms with Crippen molar-refractivity contribution in [2.75, 3.05) is 26.3 Å². The van der Waals surface area contributed by atoms with Crippen molar-refractivity contribution in [3.05, 3.63) is 41.6 Å². The van der Waals surface area contributed by atoms with Gasteiger partial charge in [0.15, 0.2) is 5.78 Å². The van der Waals surface area contributed by atoms with E-state index in [0.29, 0.717) is 13.2 Å². The van der Waals surface area contributed by atoms with Gasteiger partial charge in [0.1, 0.15) is 0 Å². The molecular weight excluding hydrogens is 214 g/mol. The fraction of sp³-hybridized carbons (Fsp3) is 0.357. The molecule has 0 radical (unpaired) electrons. The summed E-state index contributed by atoms with van der Waals surface area (Å²) in [6.07, 6.45) is 1.95. The van der Waals surface area contributed by atoms with Crippen LogP contribution < -0.4 is 0 Å². The van der Waals surface area contributed by atoms with Crippen molar-refractivity contribution < 1.29 is 9.53 Å². The molecule has 0 aromatic heterocycles. The van der Waals surface area contributed by atoms with Crippen LogP contribution in [0.15, 0.2) is 36.0 Å². The van der Waals surface area contributed by atoms with E-state index in [1.807, 2.05) is 36.4 Å². The van der Waals surface area contributed by atoms with Crippen LogP contribution in [-0.2, 0) is 9.53 Å². The molecule has 1 aromatic rings. The highest BCUT2D eigenvalue weighted by molar-refractivity contribution is 5.97. The molecule has 90 valence electrons. The van der Waals surface area contributed by atoms with Crippen LogP contribution in [0.3, 0.4) is 0 Å². The number of rotatable bonds is 3. The van der Waals surface area contributed by atoms with Gasteiger partial charge in [0.25, 0.3) is 0 Å². The molecule has 1 aliphatic rings. The second kappa shape index (κ2) is 5.64. The third kappa shape index (κ3) is 3.17. The number of carbonyl (C=O) groups is 1. The van der Waals surface area contributed by atoms with E-state index in [1.165, 1.54) is 0 Å². The first-order chi connectivity index (χ1) is 8.27. The third-order valence-corrected chi connectivity index (χ3v) is 2.82. The fourth-order valence-corrected chi connectivity index (χ4v) is 1.93. The predicted molar refractivity (Wildman–Crippen MR) is 67.5 cm³/mol. The van der Waals surface area contributed by atoms with Crippen LogP contribution in [0.4, 0.5) is 0 Å². The number of hydrogen-bond acceptors (Lipinski definition) is 3. The van der Waals surface area contributed by atoms with Crippen molar-refractivity contribution in [3.63, 3.8) is 0 Å². The molecule has 1 fully saturated rings. The smallest absolute Gasteiger partial charge is 0.175 e. The first-order valence-corrected chi connectivity index (χ1v) is 5.88. The first kappa shape index (κ1) is 11.9. The molecular formula is C14H17NO2. The fourth-order valence-electron chi connectivity index (χ4n) is 1.93. The molecule has 1 heterocycles. The summed E-state index contributed by atoms with van der Waals surface area (Å²) in [5.74, 6) is 0.107. The summed E-state index contributed by atoms with van der Waals surface area (Å²) in [5, 5.41) is 0. The van der Waals surface area contributed by atoms with Gasteiger partial charge in [0, 0.05) is 20.0 Å². The summed E-state index contributed by atoms with van der Waals surface area (Å²) < 4.78 is 5.30. The molecule has 0 saturated carbocycles. The van der Waals surface area contributed by atoms with Gasteiger partial charge in [-0.3, -0.25) is 4.79 Å². The van der Waals surface area contributed by atoms with Crippen molar-refractivity contribution in [3.8, 4) is 0 Å². The highest BCUT2D eigenvalue weighted by Gasteiger charge is 2.16. The van der Waals surface area contributed by atoms with Crippen LogP contribution in [0, 0.1) is 0 Å². The molecule has 0 amide bonds. The summed E-state index contributed by atoms with van der Waals surface area (Å²) >= 11 is 0. The number of ether oxygens (including phenoxy) is 1. The Balaban J connectivity index is 2.22.